The first-order valence-corrected chi connectivity index (χ1v) is 9.70. The number of ether oxygens (including phenoxy) is 3. The van der Waals surface area contributed by atoms with E-state index >= 15 is 0 Å². The van der Waals surface area contributed by atoms with Crippen LogP contribution in [0.15, 0.2) is 42.5 Å². The molecule has 158 valence electrons. The van der Waals surface area contributed by atoms with Crippen LogP contribution in [-0.4, -0.2) is 57.3 Å². The Balaban J connectivity index is 2.01. The zero-order chi connectivity index (χ0) is 21.7. The highest BCUT2D eigenvalue weighted by Gasteiger charge is 2.26. The molecule has 0 aromatic heterocycles. The molecule has 1 N–H and O–H groups in total. The molecule has 0 aliphatic carbocycles. The van der Waals surface area contributed by atoms with Crippen molar-refractivity contribution in [2.45, 2.75) is 6.42 Å². The topological polar surface area (TPSA) is 68.2 Å². The van der Waals surface area contributed by atoms with Crippen LogP contribution in [0.1, 0.15) is 27.9 Å². The van der Waals surface area contributed by atoms with Crippen molar-refractivity contribution in [3.05, 3.63) is 59.2 Å². The zero-order valence-electron chi connectivity index (χ0n) is 17.8. The van der Waals surface area contributed by atoms with E-state index < -0.39 is 0 Å². The maximum atomic E-state index is 13.0. The third-order valence-corrected chi connectivity index (χ3v) is 5.19. The molecule has 0 radical (unpaired) electrons. The lowest BCUT2D eigenvalue weighted by molar-refractivity contribution is 0.104. The molecule has 0 spiro atoms. The molecule has 30 heavy (non-hydrogen) atoms. The maximum Gasteiger partial charge on any atom is 0.193 e. The predicted octanol–water partition coefficient (Wildman–Crippen LogP) is 4.03. The molecule has 1 aliphatic heterocycles. The average molecular weight is 409 g/mol. The second-order valence-corrected chi connectivity index (χ2v) is 7.09. The summed E-state index contributed by atoms with van der Waals surface area (Å²) in [6.07, 6.45) is 5.93. The summed E-state index contributed by atoms with van der Waals surface area (Å²) in [4.78, 5) is 15.2. The molecule has 0 amide bonds. The van der Waals surface area contributed by atoms with Crippen LogP contribution >= 0.6 is 0 Å². The van der Waals surface area contributed by atoms with E-state index in [4.69, 9.17) is 14.2 Å². The van der Waals surface area contributed by atoms with Gasteiger partial charge in [-0.15, -0.1) is 0 Å². The van der Waals surface area contributed by atoms with Crippen LogP contribution in [0.3, 0.4) is 0 Å². The van der Waals surface area contributed by atoms with Gasteiger partial charge in [0.2, 0.25) is 0 Å². The van der Waals surface area contributed by atoms with Crippen molar-refractivity contribution in [1.29, 1.82) is 0 Å². The average Bonchev–Trinajstić information content (AvgIpc) is 2.77. The monoisotopic (exact) mass is 409 g/mol. The molecule has 0 saturated carbocycles. The van der Waals surface area contributed by atoms with Crippen LogP contribution in [-0.2, 0) is 0 Å². The highest BCUT2D eigenvalue weighted by molar-refractivity contribution is 6.11. The number of phenolic OH excluding ortho intramolecular Hbond substituents is 1. The summed E-state index contributed by atoms with van der Waals surface area (Å²) in [6, 6.07) is 8.99. The van der Waals surface area contributed by atoms with Crippen molar-refractivity contribution in [3.63, 3.8) is 0 Å². The van der Waals surface area contributed by atoms with E-state index in [2.05, 4.69) is 11.0 Å². The van der Waals surface area contributed by atoms with Gasteiger partial charge in [0.1, 0.15) is 28.6 Å². The summed E-state index contributed by atoms with van der Waals surface area (Å²) < 4.78 is 16.0. The molecule has 2 aromatic rings. The zero-order valence-corrected chi connectivity index (χ0v) is 17.8. The number of allylic oxidation sites excluding steroid dienone is 1. The summed E-state index contributed by atoms with van der Waals surface area (Å²) in [5.41, 5.74) is 2.47. The van der Waals surface area contributed by atoms with E-state index in [1.165, 1.54) is 20.3 Å². The number of methoxy groups -OCH3 is 3. The van der Waals surface area contributed by atoms with Gasteiger partial charge in [-0.2, -0.15) is 0 Å². The number of benzene rings is 2. The van der Waals surface area contributed by atoms with Crippen LogP contribution in [0.4, 0.5) is 0 Å². The third kappa shape index (κ3) is 4.49. The van der Waals surface area contributed by atoms with Crippen LogP contribution < -0.4 is 14.2 Å². The van der Waals surface area contributed by atoms with E-state index in [-0.39, 0.29) is 22.8 Å². The second kappa shape index (κ2) is 9.50. The normalized spacial score (nSPS) is 14.5. The predicted molar refractivity (Wildman–Crippen MR) is 118 cm³/mol. The van der Waals surface area contributed by atoms with Gasteiger partial charge >= 0.3 is 0 Å². The fourth-order valence-corrected chi connectivity index (χ4v) is 3.46. The van der Waals surface area contributed by atoms with E-state index in [0.717, 1.165) is 36.4 Å². The first-order valence-electron chi connectivity index (χ1n) is 9.70. The van der Waals surface area contributed by atoms with Crippen LogP contribution in [0.2, 0.25) is 0 Å². The molecule has 0 fully saturated rings. The fraction of sp³-hybridized carbons (Fsp3) is 0.292. The molecule has 1 heterocycles. The number of hydrogen-bond acceptors (Lipinski definition) is 6. The number of aromatic hydroxyl groups is 1. The Labute approximate surface area is 177 Å². The number of phenols is 1. The van der Waals surface area contributed by atoms with E-state index in [9.17, 15) is 9.90 Å². The quantitative estimate of drug-likeness (QED) is 0.550. The molecule has 0 saturated heterocycles. The van der Waals surface area contributed by atoms with Gasteiger partial charge in [0, 0.05) is 19.2 Å². The Morgan fingerprint density at radius 2 is 1.77 bits per heavy atom. The summed E-state index contributed by atoms with van der Waals surface area (Å²) in [7, 11) is 6.65. The van der Waals surface area contributed by atoms with Crippen molar-refractivity contribution in [1.82, 2.24) is 4.90 Å². The third-order valence-electron chi connectivity index (χ3n) is 5.19. The Hall–Kier alpha value is -3.25. The number of ketones is 1. The molecular formula is C24H27NO5. The Kier molecular flexibility index (Phi) is 6.79. The number of carbonyl (C=O) groups is 1. The summed E-state index contributed by atoms with van der Waals surface area (Å²) in [6.45, 7) is 1.63. The van der Waals surface area contributed by atoms with E-state index in [1.54, 1.807) is 19.3 Å². The number of likely N-dealkylation sites (N-methyl/N-ethyl adjacent to an activating group) is 1. The summed E-state index contributed by atoms with van der Waals surface area (Å²) >= 11 is 0. The van der Waals surface area contributed by atoms with Crippen molar-refractivity contribution in [2.75, 3.05) is 41.5 Å². The van der Waals surface area contributed by atoms with Gasteiger partial charge in [0.15, 0.2) is 5.78 Å². The highest BCUT2D eigenvalue weighted by atomic mass is 16.5. The highest BCUT2D eigenvalue weighted by Crippen LogP contribution is 2.44. The molecule has 0 bridgehead atoms. The number of carbonyl (C=O) groups excluding carboxylic acids is 1. The molecule has 0 unspecified atom stereocenters. The van der Waals surface area contributed by atoms with Gasteiger partial charge in [-0.25, -0.2) is 0 Å². The Morgan fingerprint density at radius 1 is 1.07 bits per heavy atom. The van der Waals surface area contributed by atoms with Crippen molar-refractivity contribution < 1.29 is 24.1 Å². The minimum absolute atomic E-state index is 0.119. The van der Waals surface area contributed by atoms with Gasteiger partial charge in [-0.3, -0.25) is 4.79 Å². The van der Waals surface area contributed by atoms with Crippen LogP contribution in [0.5, 0.6) is 23.0 Å². The smallest absolute Gasteiger partial charge is 0.193 e. The minimum Gasteiger partial charge on any atom is -0.506 e. The molecule has 6 heteroatoms. The van der Waals surface area contributed by atoms with E-state index in [1.807, 2.05) is 31.3 Å². The molecule has 6 nitrogen and oxygen atoms in total. The molecule has 1 aliphatic rings. The largest absolute Gasteiger partial charge is 0.506 e. The first kappa shape index (κ1) is 21.5. The lowest BCUT2D eigenvalue weighted by Crippen LogP contribution is -2.23. The molecule has 2 aromatic carbocycles. The second-order valence-electron chi connectivity index (χ2n) is 7.09. The van der Waals surface area contributed by atoms with Gasteiger partial charge < -0.3 is 24.2 Å². The summed E-state index contributed by atoms with van der Waals surface area (Å²) in [5, 5.41) is 11.1. The maximum absolute atomic E-state index is 13.0. The van der Waals surface area contributed by atoms with Gasteiger partial charge in [-0.05, 0) is 42.8 Å². The Bertz CT molecular complexity index is 976. The molecule has 3 rings (SSSR count). The van der Waals surface area contributed by atoms with Gasteiger partial charge in [-0.1, -0.05) is 24.3 Å². The van der Waals surface area contributed by atoms with Gasteiger partial charge in [0.25, 0.3) is 0 Å². The SMILES string of the molecule is COc1ccc(/C=C/C(=O)c2c(OC)cc(OC)c(C3=CCN(C)CC3)c2O)cc1. The standard InChI is InChI=1S/C24H27NO5/c1-25-13-11-17(12-14-25)22-20(29-3)15-21(30-4)23(24(22)27)19(26)10-7-16-5-8-18(28-2)9-6-16/h5-11,15,27H,12-14H2,1-4H3/b10-7+. The van der Waals surface area contributed by atoms with Crippen LogP contribution in [0, 0.1) is 0 Å². The number of nitrogens with zero attached hydrogens (tertiary/aromatic N) is 1. The first-order chi connectivity index (χ1) is 14.5. The lowest BCUT2D eigenvalue weighted by atomic mass is 9.93. The fourth-order valence-electron chi connectivity index (χ4n) is 3.46. The molecular weight excluding hydrogens is 382 g/mol. The van der Waals surface area contributed by atoms with E-state index in [0.29, 0.717) is 11.3 Å². The van der Waals surface area contributed by atoms with Crippen molar-refractivity contribution in [3.8, 4) is 23.0 Å². The minimum atomic E-state index is -0.349. The number of hydrogen-bond donors (Lipinski definition) is 1. The molecule has 0 atom stereocenters. The summed E-state index contributed by atoms with van der Waals surface area (Å²) in [5.74, 6) is 1.02. The lowest BCUT2D eigenvalue weighted by Gasteiger charge is -2.24. The van der Waals surface area contributed by atoms with Gasteiger partial charge in [0.05, 0.1) is 26.9 Å². The van der Waals surface area contributed by atoms with Crippen LogP contribution in [0.25, 0.3) is 11.6 Å². The van der Waals surface area contributed by atoms with Crippen molar-refractivity contribution >= 4 is 17.4 Å². The van der Waals surface area contributed by atoms with Crippen molar-refractivity contribution in [2.24, 2.45) is 0 Å². The Morgan fingerprint density at radius 3 is 2.33 bits per heavy atom. The number of rotatable bonds is 7.